The van der Waals surface area contributed by atoms with Gasteiger partial charge in [-0.05, 0) is 93.8 Å². The van der Waals surface area contributed by atoms with Crippen molar-refractivity contribution in [2.24, 2.45) is 11.3 Å². The molecule has 0 aromatic heterocycles. The van der Waals surface area contributed by atoms with Gasteiger partial charge in [0.05, 0.1) is 86.3 Å². The Morgan fingerprint density at radius 1 is 0.833 bits per heavy atom. The molecule has 4 rings (SSSR count). The molecule has 66 heavy (non-hydrogen) atoms. The third-order valence-corrected chi connectivity index (χ3v) is 14.9. The molecule has 1 aromatic carbocycles. The van der Waals surface area contributed by atoms with Crippen LogP contribution >= 0.6 is 0 Å². The molecule has 21 heteroatoms. The number of fused-ring (bicyclic) bond motifs is 2. The van der Waals surface area contributed by atoms with Crippen LogP contribution in [0, 0.1) is 11.3 Å². The van der Waals surface area contributed by atoms with Gasteiger partial charge in [0.25, 0.3) is 20.2 Å². The monoisotopic (exact) mass is 989 g/mol. The second-order valence-electron chi connectivity index (χ2n) is 16.9. The number of anilines is 1. The second kappa shape index (κ2) is 25.3. The van der Waals surface area contributed by atoms with Crippen LogP contribution in [0.2, 0.25) is 0 Å². The number of rotatable bonds is 32. The molecule has 5 unspecified atom stereocenters. The summed E-state index contributed by atoms with van der Waals surface area (Å²) in [5.74, 6) is 1.85. The molecule has 0 amide bonds. The van der Waals surface area contributed by atoms with Crippen molar-refractivity contribution in [1.82, 2.24) is 0 Å². The van der Waals surface area contributed by atoms with Crippen LogP contribution in [0.3, 0.4) is 0 Å². The highest BCUT2D eigenvalue weighted by Crippen LogP contribution is 2.51. The summed E-state index contributed by atoms with van der Waals surface area (Å²) < 4.78 is 127. The first-order chi connectivity index (χ1) is 31.2. The lowest BCUT2D eigenvalue weighted by Gasteiger charge is -2.30. The van der Waals surface area contributed by atoms with E-state index in [-0.39, 0.29) is 60.8 Å². The maximum absolute atomic E-state index is 12.8. The Bertz CT molecular complexity index is 2290. The van der Waals surface area contributed by atoms with Gasteiger partial charge in [-0.25, -0.2) is 8.78 Å². The SMILES string of the molecule is C=S(=O)(O)C1=CC2C(C=C1)[N+](CCCCCC(=O)O)=C(/C=C/C=C1/N(CCOCCOCCOCCOCCOC)c3ccc(S(=O)(=O)O)cc3C1(C)CCCS(=O)(=O)O)C2(C)CCOC. The molecule has 18 nitrogen and oxygen atoms in total. The van der Waals surface area contributed by atoms with Crippen LogP contribution in [0.25, 0.3) is 0 Å². The maximum atomic E-state index is 12.8. The van der Waals surface area contributed by atoms with Gasteiger partial charge in [-0.3, -0.25) is 13.9 Å². The zero-order valence-corrected chi connectivity index (χ0v) is 41.0. The molecule has 372 valence electrons. The molecule has 0 bridgehead atoms. The molecule has 0 spiro atoms. The number of carboxylic acids is 1. The first kappa shape index (κ1) is 55.3. The first-order valence-corrected chi connectivity index (χ1v) is 26.8. The average Bonchev–Trinajstić information content (AvgIpc) is 3.61. The number of hydrogen-bond donors (Lipinski definition) is 4. The van der Waals surface area contributed by atoms with Gasteiger partial charge in [-0.2, -0.15) is 16.8 Å². The standard InChI is InChI=1S/C45H68N2O16S3/c1-44(18-10-32-65(52,53)54)38-34-36(66(55,56)57)15-17-40(38)47(21-23-60-26-27-62-30-31-63-29-28-61-25-24-59-4)41(44)11-9-12-42-45(2,19-22-58-3)37-33-35(64(5,50)51)14-16-39(37)46(42)20-8-6-7-13-43(48)49/h9,11-12,14-17,33-34,37,39H,5-8,10,13,18-32H2,1-4H3,(H3-,48,49,50,51,52,53,54,55,56,57)/p+1. The minimum atomic E-state index is -4.63. The fourth-order valence-corrected chi connectivity index (χ4v) is 10.5. The molecule has 2 aliphatic heterocycles. The minimum Gasteiger partial charge on any atom is -0.481 e. The number of aliphatic carboxylic acids is 1. The van der Waals surface area contributed by atoms with Gasteiger partial charge in [-0.1, -0.05) is 12.2 Å². The van der Waals surface area contributed by atoms with Crippen molar-refractivity contribution in [3.05, 3.63) is 70.8 Å². The number of unbranched alkanes of at least 4 members (excludes halogenated alkanes) is 2. The smallest absolute Gasteiger partial charge is 0.303 e. The summed E-state index contributed by atoms with van der Waals surface area (Å²) in [6.07, 6.45) is 13.8. The number of methoxy groups -OCH3 is 2. The van der Waals surface area contributed by atoms with Crippen molar-refractivity contribution < 1.29 is 77.6 Å². The van der Waals surface area contributed by atoms with E-state index >= 15 is 0 Å². The third kappa shape index (κ3) is 15.6. The molecule has 0 radical (unpaired) electrons. The Morgan fingerprint density at radius 3 is 2.03 bits per heavy atom. The van der Waals surface area contributed by atoms with E-state index in [0.717, 1.165) is 5.71 Å². The lowest BCUT2D eigenvalue weighted by atomic mass is 9.69. The van der Waals surface area contributed by atoms with Gasteiger partial charge in [0.15, 0.2) is 11.8 Å². The van der Waals surface area contributed by atoms with E-state index in [2.05, 4.69) is 17.4 Å². The minimum absolute atomic E-state index is 0.0188. The zero-order valence-electron chi connectivity index (χ0n) is 38.5. The highest BCUT2D eigenvalue weighted by atomic mass is 32.2. The quantitative estimate of drug-likeness (QED) is 0.0333. The zero-order chi connectivity index (χ0) is 48.6. The third-order valence-electron chi connectivity index (χ3n) is 12.2. The van der Waals surface area contributed by atoms with E-state index in [1.807, 2.05) is 42.2 Å². The summed E-state index contributed by atoms with van der Waals surface area (Å²) >= 11 is 0. The van der Waals surface area contributed by atoms with E-state index in [4.69, 9.17) is 28.4 Å². The van der Waals surface area contributed by atoms with E-state index < -0.39 is 52.6 Å². The number of carboxylic acid groups (broad SMARTS) is 1. The number of nitrogens with zero attached hydrogens (tertiary/aromatic N) is 2. The summed E-state index contributed by atoms with van der Waals surface area (Å²) in [7, 11) is -9.30. The van der Waals surface area contributed by atoms with Crippen LogP contribution < -0.4 is 4.90 Å². The first-order valence-electron chi connectivity index (χ1n) is 22.1. The molecule has 3 aliphatic rings. The van der Waals surface area contributed by atoms with Gasteiger partial charge >= 0.3 is 5.97 Å². The largest absolute Gasteiger partial charge is 0.481 e. The predicted molar refractivity (Wildman–Crippen MR) is 252 cm³/mol. The van der Waals surface area contributed by atoms with Crippen LogP contribution in [0.5, 0.6) is 0 Å². The number of allylic oxidation sites excluding steroid dienone is 5. The Hall–Kier alpha value is -3.32. The van der Waals surface area contributed by atoms with Crippen LogP contribution in [-0.2, 0) is 68.7 Å². The van der Waals surface area contributed by atoms with Crippen molar-refractivity contribution in [2.75, 3.05) is 104 Å². The van der Waals surface area contributed by atoms with Gasteiger partial charge in [-0.15, -0.1) is 0 Å². The highest BCUT2D eigenvalue weighted by molar-refractivity contribution is 7.99. The fourth-order valence-electron chi connectivity index (χ4n) is 8.87. The molecule has 1 aromatic rings. The predicted octanol–water partition coefficient (Wildman–Crippen LogP) is 4.61. The van der Waals surface area contributed by atoms with E-state index in [9.17, 15) is 44.6 Å². The summed E-state index contributed by atoms with van der Waals surface area (Å²) in [5.41, 5.74) is 1.07. The van der Waals surface area contributed by atoms with E-state index in [0.29, 0.717) is 102 Å². The topological polar surface area (TPSA) is 245 Å². The van der Waals surface area contributed by atoms with Gasteiger partial charge in [0.2, 0.25) is 0 Å². The Labute approximate surface area is 390 Å². The normalized spacial score (nSPS) is 23.5. The van der Waals surface area contributed by atoms with Crippen molar-refractivity contribution >= 4 is 53.3 Å². The number of carbonyl (C=O) groups is 1. The maximum Gasteiger partial charge on any atom is 0.303 e. The van der Waals surface area contributed by atoms with Gasteiger partial charge < -0.3 is 43.0 Å². The molecule has 5 atom stereocenters. The van der Waals surface area contributed by atoms with Crippen molar-refractivity contribution in [2.45, 2.75) is 75.1 Å². The molecule has 4 N–H and O–H groups in total. The molecule has 2 heterocycles. The lowest BCUT2D eigenvalue weighted by Crippen LogP contribution is -2.35. The Morgan fingerprint density at radius 2 is 1.45 bits per heavy atom. The second-order valence-corrected chi connectivity index (χ2v) is 21.7. The van der Waals surface area contributed by atoms with Crippen LogP contribution in [-0.4, -0.2) is 167 Å². The molecule has 1 aliphatic carbocycles. The molecule has 0 fully saturated rings. The summed E-state index contributed by atoms with van der Waals surface area (Å²) in [6.45, 7) is 8.57. The van der Waals surface area contributed by atoms with Crippen LogP contribution in [0.1, 0.15) is 64.4 Å². The molecular formula is C45H69N2O16S3+. The van der Waals surface area contributed by atoms with Gasteiger partial charge in [0, 0.05) is 63.1 Å². The van der Waals surface area contributed by atoms with Crippen LogP contribution in [0.15, 0.2) is 70.2 Å². The van der Waals surface area contributed by atoms with Crippen LogP contribution in [0.4, 0.5) is 5.69 Å². The van der Waals surface area contributed by atoms with Gasteiger partial charge in [0.1, 0.15) is 16.3 Å². The van der Waals surface area contributed by atoms with Crippen molar-refractivity contribution in [3.8, 4) is 0 Å². The fraction of sp³-hybridized carbons (Fsp3) is 0.622. The summed E-state index contributed by atoms with van der Waals surface area (Å²) in [4.78, 5) is 13.1. The number of benzene rings is 1. The van der Waals surface area contributed by atoms with E-state index in [1.54, 1.807) is 26.4 Å². The summed E-state index contributed by atoms with van der Waals surface area (Å²) in [6, 6.07) is 4.08. The Balaban J connectivity index is 1.70. The summed E-state index contributed by atoms with van der Waals surface area (Å²) in [5, 5.41) is 9.23. The van der Waals surface area contributed by atoms with Crippen molar-refractivity contribution in [3.63, 3.8) is 0 Å². The molecular weight excluding hydrogens is 921 g/mol. The lowest BCUT2D eigenvalue weighted by molar-refractivity contribution is -0.550. The number of hydrogen-bond acceptors (Lipinski definition) is 13. The molecule has 0 saturated carbocycles. The average molecular weight is 990 g/mol. The Kier molecular flexibility index (Phi) is 21.2. The highest BCUT2D eigenvalue weighted by Gasteiger charge is 2.55. The number of ether oxygens (including phenoxy) is 6. The molecule has 0 saturated heterocycles. The van der Waals surface area contributed by atoms with E-state index in [1.165, 1.54) is 12.1 Å². The van der Waals surface area contributed by atoms with Crippen molar-refractivity contribution in [1.29, 1.82) is 0 Å².